The van der Waals surface area contributed by atoms with Crippen LogP contribution in [0.1, 0.15) is 335 Å². The van der Waals surface area contributed by atoms with Gasteiger partial charge in [-0.1, -0.05) is 312 Å². The summed E-state index contributed by atoms with van der Waals surface area (Å²) in [7, 11) is 0. The molecule has 0 aliphatic carbocycles. The van der Waals surface area contributed by atoms with Gasteiger partial charge in [0.1, 0.15) is 0 Å². The van der Waals surface area contributed by atoms with Crippen LogP contribution in [-0.2, 0) is 4.79 Å². The second-order valence-electron chi connectivity index (χ2n) is 21.5. The summed E-state index contributed by atoms with van der Waals surface area (Å²) in [6, 6.07) is -0.649. The summed E-state index contributed by atoms with van der Waals surface area (Å²) in [6.45, 7) is 4.32. The highest BCUT2D eigenvalue weighted by Crippen LogP contribution is 2.17. The van der Waals surface area contributed by atoms with Crippen LogP contribution < -0.4 is 5.32 Å². The van der Waals surface area contributed by atoms with Gasteiger partial charge in [-0.2, -0.15) is 0 Å². The molecular weight excluding hydrogens is 855 g/mol. The average molecular weight is 979 g/mol. The largest absolute Gasteiger partial charge is 0.394 e. The van der Waals surface area contributed by atoms with E-state index < -0.39 is 12.1 Å². The SMILES string of the molecule is CCCCCCC/C=C\C/C=C\CCCCCCCCCCCCCCCCCC(=O)NC(CO)C(O)/C=C/CC/C=C/CC/C=C/CCCCCCCCCCCCCCCCCCCCCCC. The number of nitrogens with one attached hydrogen (secondary N) is 1. The van der Waals surface area contributed by atoms with E-state index in [9.17, 15) is 15.0 Å². The maximum Gasteiger partial charge on any atom is 0.220 e. The first kappa shape index (κ1) is 68.1. The van der Waals surface area contributed by atoms with Gasteiger partial charge in [-0.15, -0.1) is 0 Å². The van der Waals surface area contributed by atoms with Crippen molar-refractivity contribution in [2.45, 2.75) is 347 Å². The van der Waals surface area contributed by atoms with E-state index in [0.29, 0.717) is 6.42 Å². The van der Waals surface area contributed by atoms with Crippen LogP contribution in [0.15, 0.2) is 60.8 Å². The van der Waals surface area contributed by atoms with E-state index in [1.165, 1.54) is 270 Å². The molecule has 4 heteroatoms. The predicted molar refractivity (Wildman–Crippen MR) is 313 cm³/mol. The minimum absolute atomic E-state index is 0.0750. The highest BCUT2D eigenvalue weighted by atomic mass is 16.3. The first-order valence-corrected chi connectivity index (χ1v) is 31.5. The zero-order valence-electron chi connectivity index (χ0n) is 47.3. The predicted octanol–water partition coefficient (Wildman–Crippen LogP) is 21.2. The maximum absolute atomic E-state index is 12.5. The Labute approximate surface area is 438 Å². The van der Waals surface area contributed by atoms with Crippen LogP contribution >= 0.6 is 0 Å². The second-order valence-corrected chi connectivity index (χ2v) is 21.5. The molecule has 70 heavy (non-hydrogen) atoms. The molecule has 0 radical (unpaired) electrons. The molecule has 2 unspecified atom stereocenters. The van der Waals surface area contributed by atoms with Gasteiger partial charge in [-0.25, -0.2) is 0 Å². The zero-order chi connectivity index (χ0) is 50.6. The van der Waals surface area contributed by atoms with E-state index in [0.717, 1.165) is 44.9 Å². The van der Waals surface area contributed by atoms with Gasteiger partial charge in [0.25, 0.3) is 0 Å². The number of aliphatic hydroxyl groups excluding tert-OH is 2. The van der Waals surface area contributed by atoms with Crippen LogP contribution in [0.4, 0.5) is 0 Å². The summed E-state index contributed by atoms with van der Waals surface area (Å²) in [5, 5.41) is 23.2. The van der Waals surface area contributed by atoms with Gasteiger partial charge in [-0.3, -0.25) is 4.79 Å². The van der Waals surface area contributed by atoms with E-state index in [1.807, 2.05) is 6.08 Å². The van der Waals surface area contributed by atoms with Crippen molar-refractivity contribution < 1.29 is 15.0 Å². The number of carbonyl (C=O) groups excluding carboxylic acids is 1. The minimum atomic E-state index is -0.873. The molecule has 0 heterocycles. The fourth-order valence-corrected chi connectivity index (χ4v) is 9.66. The Morgan fingerprint density at radius 2 is 0.600 bits per heavy atom. The molecule has 0 aromatic heterocycles. The number of carbonyl (C=O) groups is 1. The van der Waals surface area contributed by atoms with E-state index in [2.05, 4.69) is 67.8 Å². The van der Waals surface area contributed by atoms with Gasteiger partial charge in [0, 0.05) is 6.42 Å². The standard InChI is InChI=1S/C66H123NO3/c1-3-5-7-9-11-13-15-17-19-21-23-25-27-29-31-32-33-34-36-37-39-41-43-45-47-49-51-53-55-57-59-61-65(69)64(63-68)67-66(70)62-60-58-56-54-52-50-48-46-44-42-40-38-35-30-28-26-24-22-20-18-16-14-12-10-8-6-4-2/h16,18,22,24,43,45,51,53,59,61,64-65,68-69H,3-15,17,19-21,23,25-42,44,46-50,52,54-58,60,62-63H2,1-2H3,(H,67,70)/b18-16-,24-22-,45-43+,53-51+,61-59+. The molecule has 0 rings (SSSR count). The van der Waals surface area contributed by atoms with Gasteiger partial charge in [0.2, 0.25) is 5.91 Å². The molecule has 0 spiro atoms. The van der Waals surface area contributed by atoms with Crippen LogP contribution in [0.5, 0.6) is 0 Å². The van der Waals surface area contributed by atoms with Crippen molar-refractivity contribution in [1.82, 2.24) is 5.32 Å². The number of amides is 1. The summed E-state index contributed by atoms with van der Waals surface area (Å²) in [6.07, 6.45) is 87.0. The Bertz CT molecular complexity index is 1150. The van der Waals surface area contributed by atoms with Gasteiger partial charge in [0.05, 0.1) is 18.8 Å². The smallest absolute Gasteiger partial charge is 0.220 e. The fraction of sp³-hybridized carbons (Fsp3) is 0.833. The molecule has 0 saturated carbocycles. The monoisotopic (exact) mass is 978 g/mol. The van der Waals surface area contributed by atoms with Gasteiger partial charge < -0.3 is 15.5 Å². The summed E-state index contributed by atoms with van der Waals surface area (Å²) in [4.78, 5) is 12.5. The minimum Gasteiger partial charge on any atom is -0.394 e. The fourth-order valence-electron chi connectivity index (χ4n) is 9.66. The van der Waals surface area contributed by atoms with Crippen molar-refractivity contribution in [2.24, 2.45) is 0 Å². The van der Waals surface area contributed by atoms with Crippen LogP contribution in [0.3, 0.4) is 0 Å². The first-order valence-electron chi connectivity index (χ1n) is 31.5. The average Bonchev–Trinajstić information content (AvgIpc) is 3.36. The lowest BCUT2D eigenvalue weighted by molar-refractivity contribution is -0.123. The summed E-state index contributed by atoms with van der Waals surface area (Å²) in [5.41, 5.74) is 0. The summed E-state index contributed by atoms with van der Waals surface area (Å²) >= 11 is 0. The van der Waals surface area contributed by atoms with Gasteiger partial charge in [-0.05, 0) is 77.0 Å². The lowest BCUT2D eigenvalue weighted by Crippen LogP contribution is -2.45. The number of unbranched alkanes of at least 4 members (excludes halogenated alkanes) is 43. The first-order chi connectivity index (χ1) is 34.7. The van der Waals surface area contributed by atoms with E-state index in [4.69, 9.17) is 0 Å². The molecule has 0 aliphatic rings. The molecule has 0 aromatic carbocycles. The van der Waals surface area contributed by atoms with Crippen LogP contribution in [-0.4, -0.2) is 34.9 Å². The molecule has 2 atom stereocenters. The van der Waals surface area contributed by atoms with Gasteiger partial charge >= 0.3 is 0 Å². The highest BCUT2D eigenvalue weighted by Gasteiger charge is 2.18. The molecule has 0 saturated heterocycles. The number of hydrogen-bond acceptors (Lipinski definition) is 3. The molecule has 4 nitrogen and oxygen atoms in total. The molecule has 0 aliphatic heterocycles. The van der Waals surface area contributed by atoms with Crippen molar-refractivity contribution in [2.75, 3.05) is 6.61 Å². The third-order valence-electron chi connectivity index (χ3n) is 14.5. The molecule has 410 valence electrons. The molecular formula is C66H123NO3. The van der Waals surface area contributed by atoms with E-state index in [1.54, 1.807) is 6.08 Å². The van der Waals surface area contributed by atoms with Crippen LogP contribution in [0.25, 0.3) is 0 Å². The summed E-state index contributed by atoms with van der Waals surface area (Å²) < 4.78 is 0. The van der Waals surface area contributed by atoms with Crippen LogP contribution in [0.2, 0.25) is 0 Å². The second kappa shape index (κ2) is 61.4. The number of rotatable bonds is 58. The Balaban J connectivity index is 3.52. The topological polar surface area (TPSA) is 69.6 Å². The zero-order valence-corrected chi connectivity index (χ0v) is 47.3. The lowest BCUT2D eigenvalue weighted by atomic mass is 10.0. The number of allylic oxidation sites excluding steroid dienone is 9. The molecule has 3 N–H and O–H groups in total. The number of hydrogen-bond donors (Lipinski definition) is 3. The number of aliphatic hydroxyl groups is 2. The van der Waals surface area contributed by atoms with Crippen LogP contribution in [0, 0.1) is 0 Å². The third-order valence-corrected chi connectivity index (χ3v) is 14.5. The normalized spacial score (nSPS) is 13.1. The Morgan fingerprint density at radius 3 is 0.914 bits per heavy atom. The van der Waals surface area contributed by atoms with Crippen molar-refractivity contribution in [3.63, 3.8) is 0 Å². The van der Waals surface area contributed by atoms with Crippen molar-refractivity contribution >= 4 is 5.91 Å². The Kier molecular flexibility index (Phi) is 59.7. The lowest BCUT2D eigenvalue weighted by Gasteiger charge is -2.19. The van der Waals surface area contributed by atoms with Gasteiger partial charge in [0.15, 0.2) is 0 Å². The van der Waals surface area contributed by atoms with Crippen molar-refractivity contribution in [3.8, 4) is 0 Å². The highest BCUT2D eigenvalue weighted by molar-refractivity contribution is 5.76. The van der Waals surface area contributed by atoms with E-state index >= 15 is 0 Å². The Morgan fingerprint density at radius 1 is 0.343 bits per heavy atom. The quantitative estimate of drug-likeness (QED) is 0.0420. The third kappa shape index (κ3) is 57.0. The maximum atomic E-state index is 12.5. The molecule has 0 fully saturated rings. The van der Waals surface area contributed by atoms with Crippen molar-refractivity contribution in [3.05, 3.63) is 60.8 Å². The molecule has 1 amide bonds. The van der Waals surface area contributed by atoms with Crippen molar-refractivity contribution in [1.29, 1.82) is 0 Å². The molecule has 0 aromatic rings. The molecule has 0 bridgehead atoms. The summed E-state index contributed by atoms with van der Waals surface area (Å²) in [5.74, 6) is -0.0750. The van der Waals surface area contributed by atoms with E-state index in [-0.39, 0.29) is 12.5 Å². The Hall–Kier alpha value is -1.91.